The number of hydrogen-bond donors (Lipinski definition) is 3. The quantitative estimate of drug-likeness (QED) is 0.233. The standard InChI is InChI=1S/C37H46N2O11/c1-21(46-34(43)50-35(2,3)4)32(41)38-18-15-27(40)48-29(22-10-8-7-9-11-22)33(42)47-25-14-16-37(44)26-20-23-12-13-24(45-6)30-28(23)36(37,31(25)49-30)17-19-39(26)5/h7-14,21,26-27,29,31,40,44H,15-20H2,1-6H3,(H,38,41)/t21-,26+,27?,29-,31-,36-,37+/m0/s1. The number of rotatable bonds is 11. The van der Waals surface area contributed by atoms with Crippen LogP contribution in [0.2, 0.25) is 0 Å². The molecule has 13 nitrogen and oxygen atoms in total. The predicted octanol–water partition coefficient (Wildman–Crippen LogP) is 3.44. The van der Waals surface area contributed by atoms with Crippen LogP contribution in [-0.2, 0) is 40.4 Å². The third kappa shape index (κ3) is 6.32. The maximum Gasteiger partial charge on any atom is 0.509 e. The van der Waals surface area contributed by atoms with Crippen molar-refractivity contribution in [2.45, 2.75) is 101 Å². The van der Waals surface area contributed by atoms with Gasteiger partial charge in [-0.1, -0.05) is 36.4 Å². The fourth-order valence-corrected chi connectivity index (χ4v) is 7.82. The zero-order valence-corrected chi connectivity index (χ0v) is 29.3. The van der Waals surface area contributed by atoms with E-state index in [0.717, 1.165) is 11.1 Å². The molecule has 1 spiro atoms. The Hall–Kier alpha value is -4.17. The second-order valence-corrected chi connectivity index (χ2v) is 14.4. The van der Waals surface area contributed by atoms with Gasteiger partial charge in [0.05, 0.1) is 18.1 Å². The number of methoxy groups -OCH3 is 1. The third-order valence-electron chi connectivity index (χ3n) is 10.1. The number of aliphatic hydroxyl groups is 2. The summed E-state index contributed by atoms with van der Waals surface area (Å²) in [4.78, 5) is 40.6. The molecule has 0 saturated carbocycles. The van der Waals surface area contributed by atoms with Gasteiger partial charge in [-0.15, -0.1) is 0 Å². The zero-order chi connectivity index (χ0) is 36.0. The van der Waals surface area contributed by atoms with E-state index < -0.39 is 59.3 Å². The average molecular weight is 695 g/mol. The van der Waals surface area contributed by atoms with E-state index in [-0.39, 0.29) is 31.2 Å². The lowest BCUT2D eigenvalue weighted by Crippen LogP contribution is -2.74. The molecule has 3 N–H and O–H groups in total. The Morgan fingerprint density at radius 2 is 1.88 bits per heavy atom. The van der Waals surface area contributed by atoms with E-state index in [0.29, 0.717) is 36.4 Å². The first-order valence-corrected chi connectivity index (χ1v) is 17.0. The van der Waals surface area contributed by atoms with Gasteiger partial charge >= 0.3 is 12.1 Å². The van der Waals surface area contributed by atoms with Gasteiger partial charge in [-0.3, -0.25) is 4.79 Å². The average Bonchev–Trinajstić information content (AvgIpc) is 3.42. The Morgan fingerprint density at radius 1 is 1.14 bits per heavy atom. The summed E-state index contributed by atoms with van der Waals surface area (Å²) in [7, 11) is 3.59. The predicted molar refractivity (Wildman–Crippen MR) is 178 cm³/mol. The lowest BCUT2D eigenvalue weighted by Gasteiger charge is -2.61. The SMILES string of the molecule is COc1ccc2c3c1O[C@H]1C(OC(=O)[C@@H](OC(O)CCNC(=O)[C@H](C)OC(=O)OC(C)(C)C)c4ccccc4)=CC[C@@]4(O)[C@@H](C2)N(C)CC[C@]314. The van der Waals surface area contributed by atoms with Gasteiger partial charge in [-0.2, -0.15) is 0 Å². The van der Waals surface area contributed by atoms with Crippen LogP contribution in [0, 0.1) is 0 Å². The molecule has 270 valence electrons. The number of ether oxygens (including phenoxy) is 6. The Bertz CT molecular complexity index is 1660. The van der Waals surface area contributed by atoms with Gasteiger partial charge < -0.3 is 48.9 Å². The molecule has 50 heavy (non-hydrogen) atoms. The summed E-state index contributed by atoms with van der Waals surface area (Å²) < 4.78 is 34.3. The molecule has 13 heteroatoms. The van der Waals surface area contributed by atoms with Gasteiger partial charge in [-0.25, -0.2) is 9.59 Å². The second kappa shape index (κ2) is 13.5. The van der Waals surface area contributed by atoms with Gasteiger partial charge in [0.2, 0.25) is 0 Å². The highest BCUT2D eigenvalue weighted by Gasteiger charge is 2.72. The van der Waals surface area contributed by atoms with Crippen molar-refractivity contribution < 1.29 is 53.0 Å². The van der Waals surface area contributed by atoms with Crippen LogP contribution < -0.4 is 14.8 Å². The van der Waals surface area contributed by atoms with E-state index in [9.17, 15) is 24.6 Å². The molecule has 0 radical (unpaired) electrons. The first kappa shape index (κ1) is 35.6. The van der Waals surface area contributed by atoms with Crippen molar-refractivity contribution in [3.8, 4) is 11.5 Å². The molecule has 2 aromatic carbocycles. The number of amides is 1. The van der Waals surface area contributed by atoms with Crippen LogP contribution in [0.15, 0.2) is 54.3 Å². The largest absolute Gasteiger partial charge is 0.509 e. The number of carbonyl (C=O) groups is 3. The number of carbonyl (C=O) groups excluding carboxylic acids is 3. The molecule has 1 fully saturated rings. The van der Waals surface area contributed by atoms with Gasteiger partial charge in [0.15, 0.2) is 36.1 Å². The number of aliphatic hydroxyl groups excluding tert-OH is 1. The third-order valence-corrected chi connectivity index (χ3v) is 10.1. The number of likely N-dealkylation sites (N-methyl/N-ethyl adjacent to an activating group) is 1. The van der Waals surface area contributed by atoms with E-state index in [4.69, 9.17) is 28.4 Å². The summed E-state index contributed by atoms with van der Waals surface area (Å²) >= 11 is 0. The lowest BCUT2D eigenvalue weighted by atomic mass is 9.50. The number of nitrogens with one attached hydrogen (secondary N) is 1. The van der Waals surface area contributed by atoms with Crippen LogP contribution in [0.5, 0.6) is 11.5 Å². The molecule has 2 aromatic rings. The number of esters is 1. The molecular formula is C37H46N2O11. The minimum Gasteiger partial charge on any atom is -0.493 e. The summed E-state index contributed by atoms with van der Waals surface area (Å²) in [6.45, 7) is 7.11. The fraction of sp³-hybridized carbons (Fsp3) is 0.541. The summed E-state index contributed by atoms with van der Waals surface area (Å²) in [6.07, 6.45) is -2.61. The van der Waals surface area contributed by atoms with Gasteiger partial charge in [0, 0.05) is 31.0 Å². The molecule has 2 aliphatic heterocycles. The molecule has 1 amide bonds. The summed E-state index contributed by atoms with van der Waals surface area (Å²) in [5.41, 5.74) is -0.381. The van der Waals surface area contributed by atoms with Crippen LogP contribution in [0.1, 0.15) is 69.8 Å². The molecule has 2 bridgehead atoms. The monoisotopic (exact) mass is 694 g/mol. The minimum atomic E-state index is -1.48. The van der Waals surface area contributed by atoms with E-state index in [1.807, 2.05) is 19.2 Å². The van der Waals surface area contributed by atoms with Crippen molar-refractivity contribution in [3.05, 3.63) is 71.0 Å². The van der Waals surface area contributed by atoms with Crippen LogP contribution >= 0.6 is 0 Å². The van der Waals surface area contributed by atoms with E-state index in [1.165, 1.54) is 6.92 Å². The van der Waals surface area contributed by atoms with Crippen molar-refractivity contribution in [2.75, 3.05) is 27.2 Å². The summed E-state index contributed by atoms with van der Waals surface area (Å²) in [5, 5.41) is 25.9. The minimum absolute atomic E-state index is 0.0429. The van der Waals surface area contributed by atoms with Gasteiger partial charge in [-0.05, 0) is 77.4 Å². The second-order valence-electron chi connectivity index (χ2n) is 14.4. The highest BCUT2D eigenvalue weighted by molar-refractivity contribution is 5.82. The fourth-order valence-electron chi connectivity index (χ4n) is 7.82. The first-order chi connectivity index (χ1) is 23.7. The molecule has 0 aromatic heterocycles. The Morgan fingerprint density at radius 3 is 2.58 bits per heavy atom. The molecule has 7 atom stereocenters. The van der Waals surface area contributed by atoms with Crippen molar-refractivity contribution >= 4 is 18.0 Å². The topological polar surface area (TPSA) is 162 Å². The van der Waals surface area contributed by atoms with Crippen LogP contribution in [0.25, 0.3) is 0 Å². The molecule has 4 aliphatic rings. The lowest BCUT2D eigenvalue weighted by molar-refractivity contribution is -0.187. The van der Waals surface area contributed by atoms with E-state index in [1.54, 1.807) is 64.3 Å². The summed E-state index contributed by atoms with van der Waals surface area (Å²) in [6, 6.07) is 12.4. The Labute approximate surface area is 291 Å². The van der Waals surface area contributed by atoms with Gasteiger partial charge in [0.1, 0.15) is 11.4 Å². The molecule has 6 rings (SSSR count). The van der Waals surface area contributed by atoms with Crippen molar-refractivity contribution in [2.24, 2.45) is 0 Å². The number of likely N-dealkylation sites (tertiary alicyclic amines) is 1. The number of nitrogens with zero attached hydrogens (tertiary/aromatic N) is 1. The van der Waals surface area contributed by atoms with Crippen molar-refractivity contribution in [1.82, 2.24) is 10.2 Å². The molecule has 1 unspecified atom stereocenters. The van der Waals surface area contributed by atoms with Crippen LogP contribution in [-0.4, -0.2) is 96.1 Å². The Kier molecular flexibility index (Phi) is 9.64. The van der Waals surface area contributed by atoms with E-state index in [2.05, 4.69) is 10.2 Å². The zero-order valence-electron chi connectivity index (χ0n) is 29.3. The van der Waals surface area contributed by atoms with Crippen LogP contribution in [0.3, 0.4) is 0 Å². The highest BCUT2D eigenvalue weighted by Crippen LogP contribution is 2.65. The number of piperidine rings is 1. The number of benzene rings is 2. The highest BCUT2D eigenvalue weighted by atomic mass is 16.7. The molecule has 2 heterocycles. The van der Waals surface area contributed by atoms with Crippen LogP contribution in [0.4, 0.5) is 4.79 Å². The maximum absolute atomic E-state index is 14.0. The van der Waals surface area contributed by atoms with Gasteiger partial charge in [0.25, 0.3) is 5.91 Å². The maximum atomic E-state index is 14.0. The molecule has 1 saturated heterocycles. The summed E-state index contributed by atoms with van der Waals surface area (Å²) in [5.74, 6) is -0.0103. The van der Waals surface area contributed by atoms with Crippen molar-refractivity contribution in [1.29, 1.82) is 0 Å². The smallest absolute Gasteiger partial charge is 0.493 e. The Balaban J connectivity index is 1.16. The van der Waals surface area contributed by atoms with Crippen molar-refractivity contribution in [3.63, 3.8) is 0 Å². The first-order valence-electron chi connectivity index (χ1n) is 17.0. The normalized spacial score (nSPS) is 26.7. The molecular weight excluding hydrogens is 648 g/mol. The van der Waals surface area contributed by atoms with E-state index >= 15 is 0 Å². The number of hydrogen-bond acceptors (Lipinski definition) is 12. The molecule has 2 aliphatic carbocycles.